The van der Waals surface area contributed by atoms with Crippen LogP contribution in [0.2, 0.25) is 0 Å². The van der Waals surface area contributed by atoms with E-state index in [4.69, 9.17) is 9.47 Å². The molecule has 0 saturated heterocycles. The number of anilines is 1. The Morgan fingerprint density at radius 2 is 2.17 bits per heavy atom. The van der Waals surface area contributed by atoms with Crippen molar-refractivity contribution in [2.75, 3.05) is 19.0 Å². The highest BCUT2D eigenvalue weighted by Crippen LogP contribution is 2.30. The Morgan fingerprint density at radius 1 is 1.39 bits per heavy atom. The maximum absolute atomic E-state index is 11.6. The average molecular weight is 250 g/mol. The molecule has 0 aromatic heterocycles. The van der Waals surface area contributed by atoms with E-state index in [-0.39, 0.29) is 6.03 Å². The fourth-order valence-electron chi connectivity index (χ4n) is 1.60. The number of benzene rings is 1. The molecule has 1 aliphatic rings. The molecule has 5 heteroatoms. The third-order valence-corrected chi connectivity index (χ3v) is 2.63. The van der Waals surface area contributed by atoms with Crippen LogP contribution in [-0.2, 0) is 0 Å². The van der Waals surface area contributed by atoms with Crippen molar-refractivity contribution < 1.29 is 14.3 Å². The third kappa shape index (κ3) is 3.29. The summed E-state index contributed by atoms with van der Waals surface area (Å²) in [6.45, 7) is 2.45. The molecular weight excluding hydrogens is 232 g/mol. The zero-order chi connectivity index (χ0) is 13.0. The molecule has 0 atom stereocenters. The van der Waals surface area contributed by atoms with Gasteiger partial charge < -0.3 is 20.1 Å². The van der Waals surface area contributed by atoms with Gasteiger partial charge in [-0.2, -0.15) is 0 Å². The second kappa shape index (κ2) is 5.62. The van der Waals surface area contributed by atoms with Crippen molar-refractivity contribution in [3.05, 3.63) is 18.2 Å². The van der Waals surface area contributed by atoms with Gasteiger partial charge in [-0.05, 0) is 31.9 Å². The molecule has 0 heterocycles. The number of methoxy groups -OCH3 is 1. The Hall–Kier alpha value is -1.91. The van der Waals surface area contributed by atoms with Gasteiger partial charge in [0.1, 0.15) is 0 Å². The van der Waals surface area contributed by atoms with E-state index in [0.29, 0.717) is 29.8 Å². The molecule has 18 heavy (non-hydrogen) atoms. The number of carbonyl (C=O) groups is 1. The fourth-order valence-corrected chi connectivity index (χ4v) is 1.60. The highest BCUT2D eigenvalue weighted by atomic mass is 16.5. The summed E-state index contributed by atoms with van der Waals surface area (Å²) in [5.74, 6) is 1.29. The van der Waals surface area contributed by atoms with Crippen LogP contribution in [-0.4, -0.2) is 25.8 Å². The van der Waals surface area contributed by atoms with Gasteiger partial charge in [0.15, 0.2) is 11.5 Å². The minimum atomic E-state index is -0.176. The lowest BCUT2D eigenvalue weighted by atomic mass is 10.2. The summed E-state index contributed by atoms with van der Waals surface area (Å²) in [6.07, 6.45) is 2.14. The van der Waals surface area contributed by atoms with E-state index < -0.39 is 0 Å². The van der Waals surface area contributed by atoms with Crippen molar-refractivity contribution in [2.45, 2.75) is 25.8 Å². The molecule has 1 saturated carbocycles. The first-order valence-corrected chi connectivity index (χ1v) is 6.11. The summed E-state index contributed by atoms with van der Waals surface area (Å²) in [4.78, 5) is 11.6. The van der Waals surface area contributed by atoms with Crippen LogP contribution < -0.4 is 20.1 Å². The third-order valence-electron chi connectivity index (χ3n) is 2.63. The van der Waals surface area contributed by atoms with Crippen LogP contribution in [0.1, 0.15) is 19.8 Å². The summed E-state index contributed by atoms with van der Waals surface area (Å²) in [5, 5.41) is 5.64. The molecule has 1 aromatic carbocycles. The molecule has 1 fully saturated rings. The second-order valence-corrected chi connectivity index (χ2v) is 4.17. The van der Waals surface area contributed by atoms with Crippen molar-refractivity contribution in [3.63, 3.8) is 0 Å². The summed E-state index contributed by atoms with van der Waals surface area (Å²) in [5.41, 5.74) is 0.692. The van der Waals surface area contributed by atoms with Gasteiger partial charge in [-0.1, -0.05) is 0 Å². The zero-order valence-electron chi connectivity index (χ0n) is 10.7. The maximum atomic E-state index is 11.6. The molecule has 1 aromatic rings. The van der Waals surface area contributed by atoms with Crippen molar-refractivity contribution >= 4 is 11.7 Å². The SMILES string of the molecule is CCOc1cc(NC(=O)NC2CC2)ccc1OC. The van der Waals surface area contributed by atoms with Gasteiger partial charge in [-0.3, -0.25) is 0 Å². The Balaban J connectivity index is 2.02. The van der Waals surface area contributed by atoms with Crippen LogP contribution in [0.3, 0.4) is 0 Å². The van der Waals surface area contributed by atoms with E-state index in [2.05, 4.69) is 10.6 Å². The first-order valence-electron chi connectivity index (χ1n) is 6.11. The predicted molar refractivity (Wildman–Crippen MR) is 69.3 cm³/mol. The molecule has 0 radical (unpaired) electrons. The van der Waals surface area contributed by atoms with Gasteiger partial charge in [-0.25, -0.2) is 4.79 Å². The normalized spacial score (nSPS) is 13.9. The van der Waals surface area contributed by atoms with Crippen molar-refractivity contribution in [1.82, 2.24) is 5.32 Å². The lowest BCUT2D eigenvalue weighted by Gasteiger charge is -2.12. The summed E-state index contributed by atoms with van der Waals surface area (Å²) in [7, 11) is 1.59. The lowest BCUT2D eigenvalue weighted by molar-refractivity contribution is 0.251. The lowest BCUT2D eigenvalue weighted by Crippen LogP contribution is -2.30. The van der Waals surface area contributed by atoms with E-state index in [0.717, 1.165) is 12.8 Å². The van der Waals surface area contributed by atoms with E-state index >= 15 is 0 Å². The Kier molecular flexibility index (Phi) is 3.92. The number of rotatable bonds is 5. The van der Waals surface area contributed by atoms with E-state index in [9.17, 15) is 4.79 Å². The largest absolute Gasteiger partial charge is 0.493 e. The highest BCUT2D eigenvalue weighted by Gasteiger charge is 2.23. The topological polar surface area (TPSA) is 59.6 Å². The van der Waals surface area contributed by atoms with Crippen molar-refractivity contribution in [2.24, 2.45) is 0 Å². The van der Waals surface area contributed by atoms with Gasteiger partial charge >= 0.3 is 6.03 Å². The first kappa shape index (κ1) is 12.5. The Bertz CT molecular complexity index is 430. The molecule has 0 unspecified atom stereocenters. The molecule has 0 bridgehead atoms. The molecule has 2 rings (SSSR count). The van der Waals surface area contributed by atoms with Crippen molar-refractivity contribution in [3.8, 4) is 11.5 Å². The van der Waals surface area contributed by atoms with Crippen LogP contribution in [0.4, 0.5) is 10.5 Å². The number of amides is 2. The molecule has 0 spiro atoms. The standard InChI is InChI=1S/C13H18N2O3/c1-3-18-12-8-10(6-7-11(12)17-2)15-13(16)14-9-4-5-9/h6-9H,3-5H2,1-2H3,(H2,14,15,16). The van der Waals surface area contributed by atoms with Crippen LogP contribution >= 0.6 is 0 Å². The molecule has 1 aliphatic carbocycles. The minimum absolute atomic E-state index is 0.176. The highest BCUT2D eigenvalue weighted by molar-refractivity contribution is 5.90. The number of carbonyl (C=O) groups excluding carboxylic acids is 1. The van der Waals surface area contributed by atoms with Crippen LogP contribution in [0.5, 0.6) is 11.5 Å². The number of urea groups is 1. The summed E-state index contributed by atoms with van der Waals surface area (Å²) in [6, 6.07) is 5.49. The number of ether oxygens (including phenoxy) is 2. The molecule has 0 aliphatic heterocycles. The quantitative estimate of drug-likeness (QED) is 0.843. The molecular formula is C13H18N2O3. The average Bonchev–Trinajstić information content (AvgIpc) is 3.13. The van der Waals surface area contributed by atoms with Gasteiger partial charge in [0, 0.05) is 17.8 Å². The van der Waals surface area contributed by atoms with Crippen LogP contribution in [0.15, 0.2) is 18.2 Å². The van der Waals surface area contributed by atoms with Gasteiger partial charge in [-0.15, -0.1) is 0 Å². The van der Waals surface area contributed by atoms with Gasteiger partial charge in [0.25, 0.3) is 0 Å². The van der Waals surface area contributed by atoms with Gasteiger partial charge in [0.05, 0.1) is 13.7 Å². The van der Waals surface area contributed by atoms with Crippen molar-refractivity contribution in [1.29, 1.82) is 0 Å². The van der Waals surface area contributed by atoms with Crippen LogP contribution in [0, 0.1) is 0 Å². The van der Waals surface area contributed by atoms with E-state index in [1.807, 2.05) is 6.92 Å². The summed E-state index contributed by atoms with van der Waals surface area (Å²) < 4.78 is 10.6. The van der Waals surface area contributed by atoms with Crippen LogP contribution in [0.25, 0.3) is 0 Å². The minimum Gasteiger partial charge on any atom is -0.493 e. The number of hydrogen-bond donors (Lipinski definition) is 2. The molecule has 5 nitrogen and oxygen atoms in total. The van der Waals surface area contributed by atoms with E-state index in [1.165, 1.54) is 0 Å². The zero-order valence-corrected chi connectivity index (χ0v) is 10.7. The monoisotopic (exact) mass is 250 g/mol. The smallest absolute Gasteiger partial charge is 0.319 e. The van der Waals surface area contributed by atoms with E-state index in [1.54, 1.807) is 25.3 Å². The molecule has 2 N–H and O–H groups in total. The second-order valence-electron chi connectivity index (χ2n) is 4.17. The number of hydrogen-bond acceptors (Lipinski definition) is 3. The molecule has 98 valence electrons. The molecule has 2 amide bonds. The fraction of sp³-hybridized carbons (Fsp3) is 0.462. The Morgan fingerprint density at radius 3 is 2.78 bits per heavy atom. The Labute approximate surface area is 106 Å². The van der Waals surface area contributed by atoms with Gasteiger partial charge in [0.2, 0.25) is 0 Å². The maximum Gasteiger partial charge on any atom is 0.319 e. The first-order chi connectivity index (χ1) is 8.72. The summed E-state index contributed by atoms with van der Waals surface area (Å²) >= 11 is 0. The number of nitrogens with one attached hydrogen (secondary N) is 2. The predicted octanol–water partition coefficient (Wildman–Crippen LogP) is 2.38.